The number of imidazole rings is 1. The van der Waals surface area contributed by atoms with Crippen molar-refractivity contribution in [3.63, 3.8) is 0 Å². The first-order valence-corrected chi connectivity index (χ1v) is 6.16. The Labute approximate surface area is 111 Å². The molecular weight excluding hydrogens is 234 g/mol. The van der Waals surface area contributed by atoms with Crippen LogP contribution in [0.5, 0.6) is 0 Å². The average Bonchev–Trinajstić information content (AvgIpc) is 2.76. The minimum Gasteiger partial charge on any atom is -0.228 e. The molecule has 0 bridgehead atoms. The van der Waals surface area contributed by atoms with Gasteiger partial charge in [-0.3, -0.25) is 0 Å². The topological polar surface area (TPSA) is 41.6 Å². The second kappa shape index (κ2) is 4.25. The van der Waals surface area contributed by atoms with Gasteiger partial charge in [0, 0.05) is 5.56 Å². The zero-order valence-corrected chi connectivity index (χ0v) is 10.9. The van der Waals surface area contributed by atoms with E-state index in [4.69, 9.17) is 0 Å². The highest BCUT2D eigenvalue weighted by atomic mass is 15.1. The maximum atomic E-state index is 9.39. The number of hydrogen-bond acceptors (Lipinski definition) is 2. The van der Waals surface area contributed by atoms with Gasteiger partial charge in [-0.25, -0.2) is 9.55 Å². The monoisotopic (exact) mass is 247 g/mol. The molecule has 0 spiro atoms. The predicted molar refractivity (Wildman–Crippen MR) is 75.7 cm³/mol. The van der Waals surface area contributed by atoms with E-state index in [9.17, 15) is 5.26 Å². The number of benzene rings is 2. The van der Waals surface area contributed by atoms with E-state index in [1.165, 1.54) is 5.56 Å². The van der Waals surface area contributed by atoms with Gasteiger partial charge in [0.2, 0.25) is 0 Å². The molecule has 0 N–H and O–H groups in total. The van der Waals surface area contributed by atoms with Gasteiger partial charge >= 0.3 is 0 Å². The van der Waals surface area contributed by atoms with Gasteiger partial charge in [0.1, 0.15) is 0 Å². The van der Waals surface area contributed by atoms with E-state index in [1.54, 1.807) is 4.57 Å². The third kappa shape index (κ3) is 1.78. The minimum absolute atomic E-state index is 0.709. The molecule has 0 fully saturated rings. The van der Waals surface area contributed by atoms with Crippen LogP contribution in [0, 0.1) is 25.3 Å². The van der Waals surface area contributed by atoms with E-state index in [1.807, 2.05) is 43.3 Å². The maximum Gasteiger partial charge on any atom is 0.190 e. The molecular formula is C16H13N3. The second-order valence-corrected chi connectivity index (χ2v) is 4.68. The molecule has 0 unspecified atom stereocenters. The number of aryl methyl sites for hydroxylation is 2. The zero-order valence-electron chi connectivity index (χ0n) is 10.9. The van der Waals surface area contributed by atoms with Crippen LogP contribution in [0.4, 0.5) is 0 Å². The molecule has 3 rings (SSSR count). The Morgan fingerprint density at radius 3 is 2.63 bits per heavy atom. The van der Waals surface area contributed by atoms with Crippen molar-refractivity contribution >= 4 is 11.0 Å². The van der Waals surface area contributed by atoms with Crippen LogP contribution in [0.15, 0.2) is 42.5 Å². The first kappa shape index (κ1) is 11.5. The molecule has 3 nitrogen and oxygen atoms in total. The molecule has 1 aromatic heterocycles. The molecule has 3 heteroatoms. The largest absolute Gasteiger partial charge is 0.228 e. The Bertz CT molecular complexity index is 806. The SMILES string of the molecule is Cc1ccc(-c2nc3ccccc3n2C#N)c(C)c1. The van der Waals surface area contributed by atoms with Crippen LogP contribution in [0.1, 0.15) is 11.1 Å². The maximum absolute atomic E-state index is 9.39. The average molecular weight is 247 g/mol. The Balaban J connectivity index is 2.34. The molecule has 0 atom stereocenters. The van der Waals surface area contributed by atoms with Gasteiger partial charge in [-0.1, -0.05) is 35.9 Å². The first-order chi connectivity index (χ1) is 9.20. The Hall–Kier alpha value is -2.60. The Morgan fingerprint density at radius 1 is 1.11 bits per heavy atom. The summed E-state index contributed by atoms with van der Waals surface area (Å²) < 4.78 is 1.59. The molecule has 2 aromatic carbocycles. The van der Waals surface area contributed by atoms with E-state index in [-0.39, 0.29) is 0 Å². The lowest BCUT2D eigenvalue weighted by Crippen LogP contribution is -1.94. The highest BCUT2D eigenvalue weighted by Gasteiger charge is 2.13. The molecule has 0 aliphatic carbocycles. The standard InChI is InChI=1S/C16H13N3/c1-11-7-8-13(12(2)9-11)16-18-14-5-3-4-6-15(14)19(16)10-17/h3-9H,1-2H3. The van der Waals surface area contributed by atoms with Crippen molar-refractivity contribution in [3.05, 3.63) is 53.6 Å². The van der Waals surface area contributed by atoms with E-state index in [0.29, 0.717) is 5.82 Å². The Kier molecular flexibility index (Phi) is 2.57. The van der Waals surface area contributed by atoms with Crippen molar-refractivity contribution in [2.45, 2.75) is 13.8 Å². The van der Waals surface area contributed by atoms with Gasteiger partial charge in [0.15, 0.2) is 12.0 Å². The molecule has 0 saturated carbocycles. The Morgan fingerprint density at radius 2 is 1.89 bits per heavy atom. The summed E-state index contributed by atoms with van der Waals surface area (Å²) in [5, 5.41) is 9.39. The number of fused-ring (bicyclic) bond motifs is 1. The summed E-state index contributed by atoms with van der Waals surface area (Å²) >= 11 is 0. The molecule has 0 aliphatic rings. The lowest BCUT2D eigenvalue weighted by Gasteiger charge is -2.05. The van der Waals surface area contributed by atoms with Gasteiger partial charge in [-0.05, 0) is 31.5 Å². The molecule has 0 radical (unpaired) electrons. The molecule has 19 heavy (non-hydrogen) atoms. The second-order valence-electron chi connectivity index (χ2n) is 4.68. The van der Waals surface area contributed by atoms with Gasteiger partial charge in [-0.2, -0.15) is 5.26 Å². The molecule has 3 aromatic rings. The minimum atomic E-state index is 0.709. The summed E-state index contributed by atoms with van der Waals surface area (Å²) in [6, 6.07) is 13.9. The van der Waals surface area contributed by atoms with E-state index < -0.39 is 0 Å². The molecule has 0 amide bonds. The van der Waals surface area contributed by atoms with Crippen LogP contribution in [0.2, 0.25) is 0 Å². The fourth-order valence-electron chi connectivity index (χ4n) is 2.37. The zero-order chi connectivity index (χ0) is 13.4. The number of rotatable bonds is 1. The van der Waals surface area contributed by atoms with Crippen LogP contribution in [-0.4, -0.2) is 9.55 Å². The van der Waals surface area contributed by atoms with Gasteiger partial charge in [-0.15, -0.1) is 0 Å². The summed E-state index contributed by atoms with van der Waals surface area (Å²) in [5.74, 6) is 0.709. The van der Waals surface area contributed by atoms with Crippen LogP contribution in [0.3, 0.4) is 0 Å². The van der Waals surface area contributed by atoms with Crippen molar-refractivity contribution < 1.29 is 0 Å². The van der Waals surface area contributed by atoms with E-state index in [2.05, 4.69) is 24.2 Å². The fraction of sp³-hybridized carbons (Fsp3) is 0.125. The summed E-state index contributed by atoms with van der Waals surface area (Å²) in [6.45, 7) is 4.10. The van der Waals surface area contributed by atoms with Crippen LogP contribution in [-0.2, 0) is 0 Å². The number of nitriles is 1. The predicted octanol–water partition coefficient (Wildman–Crippen LogP) is 3.65. The number of nitrogens with zero attached hydrogens (tertiary/aromatic N) is 3. The molecule has 0 aliphatic heterocycles. The molecule has 1 heterocycles. The van der Waals surface area contributed by atoms with Crippen LogP contribution in [0.25, 0.3) is 22.4 Å². The van der Waals surface area contributed by atoms with E-state index in [0.717, 1.165) is 22.2 Å². The summed E-state index contributed by atoms with van der Waals surface area (Å²) in [6.07, 6.45) is 2.21. The fourth-order valence-corrected chi connectivity index (χ4v) is 2.37. The molecule has 92 valence electrons. The molecule has 0 saturated heterocycles. The lowest BCUT2D eigenvalue weighted by molar-refractivity contribution is 1.11. The van der Waals surface area contributed by atoms with Crippen molar-refractivity contribution in [2.75, 3.05) is 0 Å². The van der Waals surface area contributed by atoms with Crippen molar-refractivity contribution in [2.24, 2.45) is 0 Å². The van der Waals surface area contributed by atoms with Crippen molar-refractivity contribution in [1.29, 1.82) is 5.26 Å². The normalized spacial score (nSPS) is 10.6. The third-order valence-electron chi connectivity index (χ3n) is 3.28. The van der Waals surface area contributed by atoms with Crippen molar-refractivity contribution in [1.82, 2.24) is 9.55 Å². The number of aromatic nitrogens is 2. The lowest BCUT2D eigenvalue weighted by atomic mass is 10.1. The first-order valence-electron chi connectivity index (χ1n) is 6.16. The van der Waals surface area contributed by atoms with Gasteiger partial charge in [0.25, 0.3) is 0 Å². The highest BCUT2D eigenvalue weighted by Crippen LogP contribution is 2.27. The van der Waals surface area contributed by atoms with Gasteiger partial charge in [0.05, 0.1) is 11.0 Å². The van der Waals surface area contributed by atoms with Crippen LogP contribution >= 0.6 is 0 Å². The van der Waals surface area contributed by atoms with Gasteiger partial charge < -0.3 is 0 Å². The third-order valence-corrected chi connectivity index (χ3v) is 3.28. The number of hydrogen-bond donors (Lipinski definition) is 0. The summed E-state index contributed by atoms with van der Waals surface area (Å²) in [4.78, 5) is 4.58. The summed E-state index contributed by atoms with van der Waals surface area (Å²) in [5.41, 5.74) is 5.04. The highest BCUT2D eigenvalue weighted by molar-refractivity contribution is 5.82. The summed E-state index contributed by atoms with van der Waals surface area (Å²) in [7, 11) is 0. The quantitative estimate of drug-likeness (QED) is 0.658. The van der Waals surface area contributed by atoms with E-state index >= 15 is 0 Å². The van der Waals surface area contributed by atoms with Crippen molar-refractivity contribution in [3.8, 4) is 17.6 Å². The smallest absolute Gasteiger partial charge is 0.190 e. The van der Waals surface area contributed by atoms with Crippen LogP contribution < -0.4 is 0 Å². The number of para-hydroxylation sites is 2.